The number of hydrogen-bond donors (Lipinski definition) is 0. The normalized spacial score (nSPS) is 12.6. The summed E-state index contributed by atoms with van der Waals surface area (Å²) in [4.78, 5) is 0. The Bertz CT molecular complexity index is 659. The van der Waals surface area contributed by atoms with Crippen molar-refractivity contribution in [1.82, 2.24) is 0 Å². The second kappa shape index (κ2) is 6.56. The summed E-state index contributed by atoms with van der Waals surface area (Å²) < 4.78 is 0. The van der Waals surface area contributed by atoms with Gasteiger partial charge < -0.3 is 0 Å². The van der Waals surface area contributed by atoms with Crippen LogP contribution in [0.2, 0.25) is 0 Å². The maximum atomic E-state index is 9.38. The minimum Gasteiger partial charge on any atom is -0.198 e. The molecule has 1 aromatic rings. The third-order valence-corrected chi connectivity index (χ3v) is 3.09. The molecule has 0 bridgehead atoms. The second-order valence-electron chi connectivity index (χ2n) is 4.11. The summed E-state index contributed by atoms with van der Waals surface area (Å²) >= 11 is 0. The molecule has 0 fully saturated rings. The minimum absolute atomic E-state index is 0.275. The summed E-state index contributed by atoms with van der Waals surface area (Å²) in [6.07, 6.45) is -0.275. The molecule has 0 aromatic heterocycles. The van der Waals surface area contributed by atoms with Gasteiger partial charge in [0.1, 0.15) is 5.92 Å². The van der Waals surface area contributed by atoms with Gasteiger partial charge in [0.15, 0.2) is 5.41 Å². The number of nitrogens with zero attached hydrogens (tertiary/aromatic N) is 5. The third kappa shape index (κ3) is 2.42. The summed E-state index contributed by atoms with van der Waals surface area (Å²) in [7, 11) is 0. The van der Waals surface area contributed by atoms with Crippen LogP contribution >= 0.6 is 0 Å². The average Bonchev–Trinajstić information content (AvgIpc) is 2.51. The van der Waals surface area contributed by atoms with E-state index in [1.807, 2.05) is 12.1 Å². The Hall–Kier alpha value is -3.33. The van der Waals surface area contributed by atoms with Crippen LogP contribution in [0.25, 0.3) is 0 Å². The van der Waals surface area contributed by atoms with Crippen LogP contribution in [0.5, 0.6) is 0 Å². The summed E-state index contributed by atoms with van der Waals surface area (Å²) in [5.74, 6) is -2.23. The fraction of sp³-hybridized carbons (Fsp3) is 0.267. The Kier molecular flexibility index (Phi) is 4.83. The average molecular weight is 259 g/mol. The van der Waals surface area contributed by atoms with E-state index in [1.165, 1.54) is 0 Å². The zero-order valence-electron chi connectivity index (χ0n) is 10.5. The van der Waals surface area contributed by atoms with Crippen LogP contribution in [0, 0.1) is 68.0 Å². The predicted molar refractivity (Wildman–Crippen MR) is 67.8 cm³/mol. The summed E-state index contributed by atoms with van der Waals surface area (Å²) in [6, 6.07) is 17.5. The van der Waals surface area contributed by atoms with Crippen LogP contribution in [0.3, 0.4) is 0 Å². The largest absolute Gasteiger partial charge is 0.198 e. The molecule has 0 aliphatic carbocycles. The fourth-order valence-corrected chi connectivity index (χ4v) is 2.00. The van der Waals surface area contributed by atoms with Gasteiger partial charge in [0.25, 0.3) is 0 Å². The van der Waals surface area contributed by atoms with Gasteiger partial charge in [0.05, 0.1) is 42.7 Å². The molecule has 0 saturated heterocycles. The Morgan fingerprint density at radius 3 is 1.90 bits per heavy atom. The Balaban J connectivity index is 3.45. The quantitative estimate of drug-likeness (QED) is 0.822. The molecule has 5 heteroatoms. The molecule has 0 aliphatic rings. The van der Waals surface area contributed by atoms with Gasteiger partial charge in [0.2, 0.25) is 0 Å². The van der Waals surface area contributed by atoms with Crippen LogP contribution in [0.1, 0.15) is 17.9 Å². The minimum atomic E-state index is -1.86. The first-order chi connectivity index (χ1) is 9.69. The zero-order valence-corrected chi connectivity index (χ0v) is 10.5. The molecule has 0 spiro atoms. The maximum absolute atomic E-state index is 9.38. The van der Waals surface area contributed by atoms with Gasteiger partial charge in [-0.25, -0.2) is 0 Å². The van der Waals surface area contributed by atoms with E-state index >= 15 is 0 Å². The molecule has 20 heavy (non-hydrogen) atoms. The van der Waals surface area contributed by atoms with Gasteiger partial charge in [-0.1, -0.05) is 30.3 Å². The fourth-order valence-electron chi connectivity index (χ4n) is 2.00. The van der Waals surface area contributed by atoms with Crippen molar-refractivity contribution in [3.05, 3.63) is 35.9 Å². The lowest BCUT2D eigenvalue weighted by Gasteiger charge is -2.27. The first-order valence-electron chi connectivity index (χ1n) is 5.73. The maximum Gasteiger partial charge on any atom is 0.180 e. The van der Waals surface area contributed by atoms with Crippen LogP contribution in [-0.2, 0) is 0 Å². The Morgan fingerprint density at radius 1 is 0.900 bits per heavy atom. The van der Waals surface area contributed by atoms with Gasteiger partial charge in [-0.2, -0.15) is 26.3 Å². The van der Waals surface area contributed by atoms with Crippen LogP contribution in [0.15, 0.2) is 30.3 Å². The number of nitriles is 5. The lowest BCUT2D eigenvalue weighted by atomic mass is 9.66. The van der Waals surface area contributed by atoms with E-state index in [-0.39, 0.29) is 6.42 Å². The van der Waals surface area contributed by atoms with Crippen molar-refractivity contribution >= 4 is 0 Å². The van der Waals surface area contributed by atoms with E-state index in [2.05, 4.69) is 0 Å². The van der Waals surface area contributed by atoms with E-state index in [0.717, 1.165) is 0 Å². The molecule has 0 N–H and O–H groups in total. The predicted octanol–water partition coefficient (Wildman–Crippen LogP) is 2.38. The first kappa shape index (κ1) is 14.7. The first-order valence-corrected chi connectivity index (χ1v) is 5.73. The van der Waals surface area contributed by atoms with E-state index in [0.29, 0.717) is 5.56 Å². The molecular formula is C15H9N5. The highest BCUT2D eigenvalue weighted by Crippen LogP contribution is 2.42. The van der Waals surface area contributed by atoms with Gasteiger partial charge in [-0.15, -0.1) is 0 Å². The lowest BCUT2D eigenvalue weighted by Crippen LogP contribution is -2.33. The molecular weight excluding hydrogens is 250 g/mol. The van der Waals surface area contributed by atoms with Crippen molar-refractivity contribution in [2.75, 3.05) is 0 Å². The van der Waals surface area contributed by atoms with Crippen LogP contribution in [-0.4, -0.2) is 0 Å². The highest BCUT2D eigenvalue weighted by molar-refractivity contribution is 5.38. The highest BCUT2D eigenvalue weighted by Gasteiger charge is 2.48. The lowest BCUT2D eigenvalue weighted by molar-refractivity contribution is 0.361. The molecule has 94 valence electrons. The number of hydrogen-bond acceptors (Lipinski definition) is 5. The Morgan fingerprint density at radius 2 is 1.50 bits per heavy atom. The zero-order chi connectivity index (χ0) is 15.0. The van der Waals surface area contributed by atoms with E-state index in [1.54, 1.807) is 48.5 Å². The van der Waals surface area contributed by atoms with E-state index in [4.69, 9.17) is 10.5 Å². The molecule has 2 atom stereocenters. The van der Waals surface area contributed by atoms with Crippen molar-refractivity contribution in [2.45, 2.75) is 12.3 Å². The van der Waals surface area contributed by atoms with Crippen molar-refractivity contribution in [2.24, 2.45) is 11.3 Å². The van der Waals surface area contributed by atoms with Crippen molar-refractivity contribution in [1.29, 1.82) is 26.3 Å². The highest BCUT2D eigenvalue weighted by atomic mass is 14.5. The topological polar surface area (TPSA) is 119 Å². The number of benzene rings is 1. The van der Waals surface area contributed by atoms with Crippen LogP contribution in [0.4, 0.5) is 0 Å². The molecule has 0 amide bonds. The van der Waals surface area contributed by atoms with Crippen molar-refractivity contribution in [3.63, 3.8) is 0 Å². The standard InChI is InChI=1S/C15H9N5/c16-7-6-13(8-17)15(10-19,11-20)14(9-18)12-4-2-1-3-5-12/h1-5,13-14H,6H2. The van der Waals surface area contributed by atoms with E-state index in [9.17, 15) is 15.8 Å². The summed E-state index contributed by atoms with van der Waals surface area (Å²) in [5, 5.41) is 46.0. The molecule has 0 radical (unpaired) electrons. The molecule has 0 heterocycles. The molecule has 5 nitrogen and oxygen atoms in total. The molecule has 0 saturated carbocycles. The summed E-state index contributed by atoms with van der Waals surface area (Å²) in [5.41, 5.74) is -1.38. The molecule has 1 aromatic carbocycles. The van der Waals surface area contributed by atoms with Crippen molar-refractivity contribution in [3.8, 4) is 30.3 Å². The van der Waals surface area contributed by atoms with Gasteiger partial charge in [-0.05, 0) is 5.56 Å². The van der Waals surface area contributed by atoms with Crippen molar-refractivity contribution < 1.29 is 0 Å². The SMILES string of the molecule is N#CCC(C#N)C(C#N)(C#N)C(C#N)c1ccccc1. The van der Waals surface area contributed by atoms with Crippen LogP contribution < -0.4 is 0 Å². The smallest absolute Gasteiger partial charge is 0.180 e. The van der Waals surface area contributed by atoms with Gasteiger partial charge in [0, 0.05) is 0 Å². The molecule has 1 rings (SSSR count). The third-order valence-electron chi connectivity index (χ3n) is 3.09. The van der Waals surface area contributed by atoms with E-state index < -0.39 is 17.3 Å². The number of rotatable bonds is 4. The second-order valence-corrected chi connectivity index (χ2v) is 4.11. The monoisotopic (exact) mass is 259 g/mol. The van der Waals surface area contributed by atoms with Gasteiger partial charge >= 0.3 is 0 Å². The Labute approximate surface area is 117 Å². The van der Waals surface area contributed by atoms with Gasteiger partial charge in [-0.3, -0.25) is 0 Å². The molecule has 0 aliphatic heterocycles. The molecule has 2 unspecified atom stereocenters. The summed E-state index contributed by atoms with van der Waals surface area (Å²) in [6.45, 7) is 0.